The van der Waals surface area contributed by atoms with Gasteiger partial charge in [-0.15, -0.1) is 0 Å². The Hall–Kier alpha value is -2.39. The summed E-state index contributed by atoms with van der Waals surface area (Å²) in [5, 5.41) is 2.92. The Morgan fingerprint density at radius 1 is 1.09 bits per heavy atom. The van der Waals surface area contributed by atoms with Crippen molar-refractivity contribution in [3.63, 3.8) is 0 Å². The highest BCUT2D eigenvalue weighted by Crippen LogP contribution is 2.23. The van der Waals surface area contributed by atoms with Crippen LogP contribution in [0.15, 0.2) is 53.0 Å². The topological polar surface area (TPSA) is 86.8 Å². The van der Waals surface area contributed by atoms with E-state index in [1.165, 1.54) is 4.90 Å². The van der Waals surface area contributed by atoms with E-state index < -0.39 is 28.5 Å². The number of benzene rings is 2. The van der Waals surface area contributed by atoms with E-state index in [1.807, 2.05) is 52.0 Å². The molecule has 2 aromatic rings. The Morgan fingerprint density at radius 2 is 1.76 bits per heavy atom. The zero-order valence-electron chi connectivity index (χ0n) is 20.4. The van der Waals surface area contributed by atoms with Gasteiger partial charge in [-0.25, -0.2) is 8.42 Å². The summed E-state index contributed by atoms with van der Waals surface area (Å²) >= 11 is 3.36. The molecule has 1 atom stereocenters. The Balaban J connectivity index is 2.43. The minimum Gasteiger partial charge on any atom is -0.354 e. The van der Waals surface area contributed by atoms with E-state index in [4.69, 9.17) is 0 Å². The summed E-state index contributed by atoms with van der Waals surface area (Å²) in [4.78, 5) is 28.2. The highest BCUT2D eigenvalue weighted by molar-refractivity contribution is 9.10. The van der Waals surface area contributed by atoms with Crippen LogP contribution >= 0.6 is 15.9 Å². The predicted octanol–water partition coefficient (Wildman–Crippen LogP) is 4.10. The predicted molar refractivity (Wildman–Crippen MR) is 140 cm³/mol. The summed E-state index contributed by atoms with van der Waals surface area (Å²) < 4.78 is 27.0. The number of nitrogens with zero attached hydrogens (tertiary/aromatic N) is 2. The van der Waals surface area contributed by atoms with Crippen LogP contribution in [0.3, 0.4) is 0 Å². The van der Waals surface area contributed by atoms with Crippen molar-refractivity contribution in [1.82, 2.24) is 10.2 Å². The van der Waals surface area contributed by atoms with Crippen LogP contribution < -0.4 is 9.62 Å². The van der Waals surface area contributed by atoms with Crippen molar-refractivity contribution in [1.29, 1.82) is 0 Å². The van der Waals surface area contributed by atoms with E-state index in [2.05, 4.69) is 21.2 Å². The van der Waals surface area contributed by atoms with Gasteiger partial charge in [-0.05, 0) is 48.6 Å². The maximum Gasteiger partial charge on any atom is 0.244 e. The molecule has 1 unspecified atom stereocenters. The fraction of sp³-hybridized carbons (Fsp3) is 0.440. The minimum atomic E-state index is -3.75. The summed E-state index contributed by atoms with van der Waals surface area (Å²) in [5.41, 5.74) is 2.27. The lowest BCUT2D eigenvalue weighted by atomic mass is 10.1. The summed E-state index contributed by atoms with van der Waals surface area (Å²) in [5.74, 6) is -0.425. The smallest absolute Gasteiger partial charge is 0.244 e. The summed E-state index contributed by atoms with van der Waals surface area (Å²) in [6.45, 7) is 8.08. The molecule has 34 heavy (non-hydrogen) atoms. The lowest BCUT2D eigenvalue weighted by Crippen LogP contribution is -2.52. The van der Waals surface area contributed by atoms with Crippen molar-refractivity contribution in [2.45, 2.75) is 46.7 Å². The molecule has 0 radical (unpaired) electrons. The van der Waals surface area contributed by atoms with Crippen LogP contribution in [0.4, 0.5) is 5.69 Å². The average Bonchev–Trinajstić information content (AvgIpc) is 2.76. The van der Waals surface area contributed by atoms with E-state index >= 15 is 0 Å². The Labute approximate surface area is 211 Å². The van der Waals surface area contributed by atoms with E-state index in [0.29, 0.717) is 23.1 Å². The fourth-order valence-corrected chi connectivity index (χ4v) is 4.79. The third-order valence-electron chi connectivity index (χ3n) is 5.45. The molecular formula is C25H34BrN3O4S. The van der Waals surface area contributed by atoms with Gasteiger partial charge in [-0.2, -0.15) is 0 Å². The molecule has 0 aromatic heterocycles. The zero-order chi connectivity index (χ0) is 25.5. The molecule has 0 fully saturated rings. The Kier molecular flexibility index (Phi) is 10.1. The number of nitrogens with one attached hydrogen (secondary N) is 1. The molecule has 0 saturated heterocycles. The Morgan fingerprint density at radius 3 is 2.32 bits per heavy atom. The number of carbonyl (C=O) groups is 2. The van der Waals surface area contributed by atoms with Crippen LogP contribution in [0.5, 0.6) is 0 Å². The standard InChI is InChI=1S/C25H34BrN3O4S/c1-6-23(25(31)27-15-18(2)3)28(16-20-11-8-7-10-19(20)4)24(30)17-29(34(5,32)33)22-13-9-12-21(26)14-22/h7-14,18,23H,6,15-17H2,1-5H3,(H,27,31). The molecule has 0 saturated carbocycles. The number of hydrogen-bond donors (Lipinski definition) is 1. The van der Waals surface area contributed by atoms with Gasteiger partial charge in [0.05, 0.1) is 11.9 Å². The lowest BCUT2D eigenvalue weighted by molar-refractivity contribution is -0.140. The third kappa shape index (κ3) is 7.84. The molecule has 0 aliphatic heterocycles. The molecule has 0 bridgehead atoms. The highest BCUT2D eigenvalue weighted by Gasteiger charge is 2.32. The van der Waals surface area contributed by atoms with Gasteiger partial charge in [0, 0.05) is 17.6 Å². The molecule has 2 amide bonds. The molecule has 2 rings (SSSR count). The van der Waals surface area contributed by atoms with Crippen LogP contribution in [-0.4, -0.2) is 50.5 Å². The van der Waals surface area contributed by atoms with Gasteiger partial charge < -0.3 is 10.2 Å². The van der Waals surface area contributed by atoms with Crippen molar-refractivity contribution in [2.24, 2.45) is 5.92 Å². The van der Waals surface area contributed by atoms with Crippen molar-refractivity contribution < 1.29 is 18.0 Å². The summed E-state index contributed by atoms with van der Waals surface area (Å²) in [6, 6.07) is 13.7. The molecule has 9 heteroatoms. The monoisotopic (exact) mass is 551 g/mol. The van der Waals surface area contributed by atoms with Crippen LogP contribution in [0, 0.1) is 12.8 Å². The molecule has 1 N–H and O–H groups in total. The van der Waals surface area contributed by atoms with Gasteiger partial charge in [0.1, 0.15) is 12.6 Å². The van der Waals surface area contributed by atoms with Crippen molar-refractivity contribution >= 4 is 43.5 Å². The molecule has 2 aromatic carbocycles. The van der Waals surface area contributed by atoms with E-state index in [0.717, 1.165) is 21.7 Å². The fourth-order valence-electron chi connectivity index (χ4n) is 3.56. The van der Waals surface area contributed by atoms with E-state index in [1.54, 1.807) is 24.3 Å². The van der Waals surface area contributed by atoms with Gasteiger partial charge >= 0.3 is 0 Å². The van der Waals surface area contributed by atoms with Gasteiger partial charge in [-0.3, -0.25) is 13.9 Å². The molecule has 0 spiro atoms. The molecule has 186 valence electrons. The Bertz CT molecular complexity index is 1100. The number of carbonyl (C=O) groups excluding carboxylic acids is 2. The molecule has 0 aliphatic rings. The second-order valence-electron chi connectivity index (χ2n) is 8.76. The number of hydrogen-bond acceptors (Lipinski definition) is 4. The van der Waals surface area contributed by atoms with Gasteiger partial charge in [0.25, 0.3) is 0 Å². The van der Waals surface area contributed by atoms with Crippen LogP contribution in [-0.2, 0) is 26.2 Å². The normalized spacial score (nSPS) is 12.3. The quantitative estimate of drug-likeness (QED) is 0.455. The number of amides is 2. The molecular weight excluding hydrogens is 518 g/mol. The van der Waals surface area contributed by atoms with Crippen molar-refractivity contribution in [3.05, 3.63) is 64.1 Å². The first-order valence-electron chi connectivity index (χ1n) is 11.3. The average molecular weight is 553 g/mol. The van der Waals surface area contributed by atoms with Crippen LogP contribution in [0.25, 0.3) is 0 Å². The first kappa shape index (κ1) is 27.9. The molecule has 0 aliphatic carbocycles. The number of aryl methyl sites for hydroxylation is 1. The first-order chi connectivity index (χ1) is 15.9. The van der Waals surface area contributed by atoms with Gasteiger partial charge in [0.2, 0.25) is 21.8 Å². The minimum absolute atomic E-state index is 0.204. The third-order valence-corrected chi connectivity index (χ3v) is 7.08. The number of anilines is 1. The maximum atomic E-state index is 13.6. The highest BCUT2D eigenvalue weighted by atomic mass is 79.9. The molecule has 7 nitrogen and oxygen atoms in total. The van der Waals surface area contributed by atoms with Crippen LogP contribution in [0.2, 0.25) is 0 Å². The molecule has 0 heterocycles. The number of sulfonamides is 1. The second kappa shape index (κ2) is 12.4. The summed E-state index contributed by atoms with van der Waals surface area (Å²) in [6.07, 6.45) is 1.47. The summed E-state index contributed by atoms with van der Waals surface area (Å²) in [7, 11) is -3.75. The van der Waals surface area contributed by atoms with E-state index in [-0.39, 0.29) is 18.4 Å². The van der Waals surface area contributed by atoms with Crippen molar-refractivity contribution in [3.8, 4) is 0 Å². The van der Waals surface area contributed by atoms with E-state index in [9.17, 15) is 18.0 Å². The van der Waals surface area contributed by atoms with Crippen molar-refractivity contribution in [2.75, 3.05) is 23.7 Å². The zero-order valence-corrected chi connectivity index (χ0v) is 22.8. The number of rotatable bonds is 11. The van der Waals surface area contributed by atoms with Gasteiger partial charge in [0.15, 0.2) is 0 Å². The lowest BCUT2D eigenvalue weighted by Gasteiger charge is -2.33. The SMILES string of the molecule is CCC(C(=O)NCC(C)C)N(Cc1ccccc1C)C(=O)CN(c1cccc(Br)c1)S(C)(=O)=O. The largest absolute Gasteiger partial charge is 0.354 e. The maximum absolute atomic E-state index is 13.6. The van der Waals surface area contributed by atoms with Gasteiger partial charge in [-0.1, -0.05) is 67.0 Å². The second-order valence-corrected chi connectivity index (χ2v) is 11.6. The number of halogens is 1. The first-order valence-corrected chi connectivity index (χ1v) is 13.9. The van der Waals surface area contributed by atoms with Crippen LogP contribution in [0.1, 0.15) is 38.3 Å².